The number of nitrogens with zero attached hydrogens (tertiary/aromatic N) is 3. The summed E-state index contributed by atoms with van der Waals surface area (Å²) >= 11 is 0. The second kappa shape index (κ2) is 6.37. The minimum atomic E-state index is -0.969. The Hall–Kier alpha value is -2.18. The van der Waals surface area contributed by atoms with E-state index in [0.29, 0.717) is 25.2 Å². The number of aliphatic hydroxyl groups is 1. The van der Waals surface area contributed by atoms with Crippen molar-refractivity contribution in [3.05, 3.63) is 53.3 Å². The Morgan fingerprint density at radius 2 is 2.08 bits per heavy atom. The maximum atomic E-state index is 12.7. The molecule has 0 saturated carbocycles. The maximum Gasteiger partial charge on any atom is 0.274 e. The summed E-state index contributed by atoms with van der Waals surface area (Å²) in [7, 11) is 3.87. The monoisotopic (exact) mass is 328 g/mol. The SMILES string of the molecule is Cc1cc(C(=O)N2CCC(O)(c3ccccc3)C(N(C)C)C2)n[nH]1. The van der Waals surface area contributed by atoms with Gasteiger partial charge >= 0.3 is 0 Å². The highest BCUT2D eigenvalue weighted by Crippen LogP contribution is 2.35. The minimum Gasteiger partial charge on any atom is -0.383 e. The molecule has 2 aromatic rings. The molecule has 1 aromatic carbocycles. The molecule has 1 fully saturated rings. The van der Waals surface area contributed by atoms with Crippen LogP contribution < -0.4 is 0 Å². The molecule has 1 aliphatic heterocycles. The number of likely N-dealkylation sites (N-methyl/N-ethyl adjacent to an activating group) is 1. The highest BCUT2D eigenvalue weighted by Gasteiger charge is 2.45. The van der Waals surface area contributed by atoms with Gasteiger partial charge < -0.3 is 14.9 Å². The number of rotatable bonds is 3. The predicted octanol–water partition coefficient (Wildman–Crippen LogP) is 1.38. The first-order chi connectivity index (χ1) is 11.4. The normalized spacial score (nSPS) is 24.4. The van der Waals surface area contributed by atoms with Crippen LogP contribution in [0.25, 0.3) is 0 Å². The molecule has 2 N–H and O–H groups in total. The zero-order valence-corrected chi connectivity index (χ0v) is 14.4. The molecule has 2 heterocycles. The molecule has 1 aromatic heterocycles. The lowest BCUT2D eigenvalue weighted by molar-refractivity contribution is -0.0811. The third-order valence-corrected chi connectivity index (χ3v) is 4.82. The van der Waals surface area contributed by atoms with E-state index >= 15 is 0 Å². The van der Waals surface area contributed by atoms with Gasteiger partial charge in [0.1, 0.15) is 11.3 Å². The van der Waals surface area contributed by atoms with Crippen LogP contribution in [0.4, 0.5) is 0 Å². The molecule has 0 bridgehead atoms. The van der Waals surface area contributed by atoms with Crippen LogP contribution in [-0.4, -0.2) is 64.2 Å². The fourth-order valence-corrected chi connectivity index (χ4v) is 3.45. The van der Waals surface area contributed by atoms with E-state index in [0.717, 1.165) is 11.3 Å². The van der Waals surface area contributed by atoms with Gasteiger partial charge in [0.15, 0.2) is 0 Å². The Balaban J connectivity index is 1.85. The van der Waals surface area contributed by atoms with Crippen molar-refractivity contribution in [1.29, 1.82) is 0 Å². The number of aromatic nitrogens is 2. The number of aromatic amines is 1. The van der Waals surface area contributed by atoms with E-state index in [1.165, 1.54) is 0 Å². The van der Waals surface area contributed by atoms with E-state index in [4.69, 9.17) is 0 Å². The van der Waals surface area contributed by atoms with Crippen LogP contribution in [0.3, 0.4) is 0 Å². The molecule has 2 atom stereocenters. The van der Waals surface area contributed by atoms with E-state index in [1.807, 2.05) is 56.3 Å². The van der Waals surface area contributed by atoms with Gasteiger partial charge in [0.25, 0.3) is 5.91 Å². The lowest BCUT2D eigenvalue weighted by Crippen LogP contribution is -2.60. The number of hydrogen-bond donors (Lipinski definition) is 2. The third kappa shape index (κ3) is 2.95. The molecule has 6 nitrogen and oxygen atoms in total. The Bertz CT molecular complexity index is 713. The Morgan fingerprint density at radius 1 is 1.38 bits per heavy atom. The molecule has 6 heteroatoms. The molecular formula is C18H24N4O2. The number of benzene rings is 1. The van der Waals surface area contributed by atoms with Gasteiger partial charge in [-0.15, -0.1) is 0 Å². The summed E-state index contributed by atoms with van der Waals surface area (Å²) in [6, 6.07) is 11.3. The number of aryl methyl sites for hydroxylation is 1. The Morgan fingerprint density at radius 3 is 2.67 bits per heavy atom. The summed E-state index contributed by atoms with van der Waals surface area (Å²) in [5.41, 5.74) is 1.21. The molecular weight excluding hydrogens is 304 g/mol. The van der Waals surface area contributed by atoms with Crippen LogP contribution in [0.5, 0.6) is 0 Å². The van der Waals surface area contributed by atoms with E-state index in [-0.39, 0.29) is 11.9 Å². The van der Waals surface area contributed by atoms with Gasteiger partial charge in [-0.1, -0.05) is 30.3 Å². The summed E-state index contributed by atoms with van der Waals surface area (Å²) in [6.07, 6.45) is 0.495. The van der Waals surface area contributed by atoms with E-state index < -0.39 is 5.60 Å². The number of piperidine rings is 1. The molecule has 2 unspecified atom stereocenters. The van der Waals surface area contributed by atoms with Crippen LogP contribution in [-0.2, 0) is 5.60 Å². The van der Waals surface area contributed by atoms with Gasteiger partial charge in [0, 0.05) is 18.8 Å². The molecule has 3 rings (SSSR count). The van der Waals surface area contributed by atoms with Gasteiger partial charge in [-0.2, -0.15) is 5.10 Å². The number of amides is 1. The fourth-order valence-electron chi connectivity index (χ4n) is 3.45. The summed E-state index contributed by atoms with van der Waals surface area (Å²) in [4.78, 5) is 16.4. The van der Waals surface area contributed by atoms with Crippen molar-refractivity contribution in [3.8, 4) is 0 Å². The fraction of sp³-hybridized carbons (Fsp3) is 0.444. The van der Waals surface area contributed by atoms with Crippen molar-refractivity contribution in [2.75, 3.05) is 27.2 Å². The lowest BCUT2D eigenvalue weighted by Gasteiger charge is -2.47. The van der Waals surface area contributed by atoms with Crippen molar-refractivity contribution < 1.29 is 9.90 Å². The van der Waals surface area contributed by atoms with Crippen LogP contribution in [0, 0.1) is 6.92 Å². The molecule has 1 saturated heterocycles. The smallest absolute Gasteiger partial charge is 0.274 e. The van der Waals surface area contributed by atoms with Crippen molar-refractivity contribution in [2.45, 2.75) is 25.0 Å². The number of H-pyrrole nitrogens is 1. The average Bonchev–Trinajstić information content (AvgIpc) is 3.01. The number of hydrogen-bond acceptors (Lipinski definition) is 4. The zero-order chi connectivity index (χ0) is 17.3. The summed E-state index contributed by atoms with van der Waals surface area (Å²) in [5.74, 6) is -0.0960. The van der Waals surface area contributed by atoms with E-state index in [2.05, 4.69) is 10.2 Å². The van der Waals surface area contributed by atoms with Crippen LogP contribution in [0.1, 0.15) is 28.2 Å². The minimum absolute atomic E-state index is 0.0960. The Kier molecular flexibility index (Phi) is 4.43. The van der Waals surface area contributed by atoms with Crippen molar-refractivity contribution >= 4 is 5.91 Å². The molecule has 0 radical (unpaired) electrons. The van der Waals surface area contributed by atoms with Crippen molar-refractivity contribution in [2.24, 2.45) is 0 Å². The molecule has 1 amide bonds. The quantitative estimate of drug-likeness (QED) is 0.893. The zero-order valence-electron chi connectivity index (χ0n) is 14.4. The van der Waals surface area contributed by atoms with Crippen LogP contribution in [0.2, 0.25) is 0 Å². The molecule has 24 heavy (non-hydrogen) atoms. The lowest BCUT2D eigenvalue weighted by atomic mass is 9.79. The first-order valence-electron chi connectivity index (χ1n) is 8.17. The van der Waals surface area contributed by atoms with Crippen molar-refractivity contribution in [3.63, 3.8) is 0 Å². The van der Waals surface area contributed by atoms with Crippen LogP contribution >= 0.6 is 0 Å². The number of likely N-dealkylation sites (tertiary alicyclic amines) is 1. The predicted molar refractivity (Wildman–Crippen MR) is 91.7 cm³/mol. The Labute approximate surface area is 142 Å². The van der Waals surface area contributed by atoms with E-state index in [1.54, 1.807) is 11.0 Å². The highest BCUT2D eigenvalue weighted by molar-refractivity contribution is 5.92. The number of carbonyl (C=O) groups excluding carboxylic acids is 1. The highest BCUT2D eigenvalue weighted by atomic mass is 16.3. The van der Waals surface area contributed by atoms with Crippen LogP contribution in [0.15, 0.2) is 36.4 Å². The van der Waals surface area contributed by atoms with E-state index in [9.17, 15) is 9.90 Å². The average molecular weight is 328 g/mol. The van der Waals surface area contributed by atoms with Gasteiger partial charge in [-0.3, -0.25) is 9.89 Å². The van der Waals surface area contributed by atoms with Crippen molar-refractivity contribution in [1.82, 2.24) is 20.0 Å². The molecule has 0 aliphatic carbocycles. The number of nitrogens with one attached hydrogen (secondary N) is 1. The molecule has 0 spiro atoms. The largest absolute Gasteiger partial charge is 0.383 e. The summed E-state index contributed by atoms with van der Waals surface area (Å²) < 4.78 is 0. The molecule has 1 aliphatic rings. The third-order valence-electron chi connectivity index (χ3n) is 4.82. The van der Waals surface area contributed by atoms with Gasteiger partial charge in [0.2, 0.25) is 0 Å². The van der Waals surface area contributed by atoms with Gasteiger partial charge in [0.05, 0.1) is 6.04 Å². The first-order valence-corrected chi connectivity index (χ1v) is 8.17. The maximum absolute atomic E-state index is 12.7. The number of carbonyl (C=O) groups is 1. The second-order valence-corrected chi connectivity index (χ2v) is 6.71. The first kappa shape index (κ1) is 16.7. The summed E-state index contributed by atoms with van der Waals surface area (Å²) in [5, 5.41) is 18.2. The topological polar surface area (TPSA) is 72.5 Å². The standard InChI is InChI=1S/C18H24N4O2/c1-13-11-15(20-19-13)17(23)22-10-9-18(24,16(12-22)21(2)3)14-7-5-4-6-8-14/h4-8,11,16,24H,9-10,12H2,1-3H3,(H,19,20). The van der Waals surface area contributed by atoms with Gasteiger partial charge in [-0.05, 0) is 39.1 Å². The molecule has 128 valence electrons. The second-order valence-electron chi connectivity index (χ2n) is 6.71. The summed E-state index contributed by atoms with van der Waals surface area (Å²) in [6.45, 7) is 2.83. The van der Waals surface area contributed by atoms with Gasteiger partial charge in [-0.25, -0.2) is 0 Å².